The van der Waals surface area contributed by atoms with Crippen LogP contribution in [0.3, 0.4) is 0 Å². The number of urea groups is 1. The summed E-state index contributed by atoms with van der Waals surface area (Å²) in [7, 11) is 0. The monoisotopic (exact) mass is 452 g/mol. The second-order valence-corrected chi connectivity index (χ2v) is 10.2. The maximum atomic E-state index is 13.0. The molecular formula is C24H28N4O3S. The molecule has 0 bridgehead atoms. The van der Waals surface area contributed by atoms with Crippen LogP contribution in [0.2, 0.25) is 0 Å². The third kappa shape index (κ3) is 4.04. The number of nitrogens with zero attached hydrogens (tertiary/aromatic N) is 2. The largest absolute Gasteiger partial charge is 0.344 e. The zero-order valence-corrected chi connectivity index (χ0v) is 19.0. The molecule has 2 fully saturated rings. The van der Waals surface area contributed by atoms with Crippen molar-refractivity contribution in [1.29, 1.82) is 0 Å². The summed E-state index contributed by atoms with van der Waals surface area (Å²) in [5, 5.41) is 5.76. The number of imide groups is 1. The number of hydrogen-bond donors (Lipinski definition) is 2. The first-order chi connectivity index (χ1) is 15.4. The molecule has 1 saturated carbocycles. The molecule has 3 aliphatic rings. The van der Waals surface area contributed by atoms with Crippen molar-refractivity contribution in [3.8, 4) is 0 Å². The second kappa shape index (κ2) is 8.33. The summed E-state index contributed by atoms with van der Waals surface area (Å²) in [5.74, 6) is -0.149. The lowest BCUT2D eigenvalue weighted by atomic mass is 9.93. The number of carbonyl (C=O) groups excluding carboxylic acids is 3. The van der Waals surface area contributed by atoms with Gasteiger partial charge in [0, 0.05) is 17.5 Å². The van der Waals surface area contributed by atoms with E-state index in [4.69, 9.17) is 0 Å². The molecule has 1 aromatic carbocycles. The second-order valence-electron chi connectivity index (χ2n) is 9.23. The van der Waals surface area contributed by atoms with Crippen molar-refractivity contribution >= 4 is 29.2 Å². The first kappa shape index (κ1) is 21.2. The molecule has 0 radical (unpaired) electrons. The lowest BCUT2D eigenvalue weighted by molar-refractivity contribution is -0.139. The summed E-state index contributed by atoms with van der Waals surface area (Å²) in [4.78, 5) is 42.0. The van der Waals surface area contributed by atoms with Gasteiger partial charge in [-0.2, -0.15) is 5.01 Å². The van der Waals surface area contributed by atoms with Gasteiger partial charge < -0.3 is 5.32 Å². The molecule has 2 aliphatic heterocycles. The number of hydrogen-bond acceptors (Lipinski definition) is 5. The third-order valence-electron chi connectivity index (χ3n) is 6.79. The summed E-state index contributed by atoms with van der Waals surface area (Å²) in [6, 6.07) is 11.7. The Hall–Kier alpha value is -2.71. The van der Waals surface area contributed by atoms with Gasteiger partial charge in [0.1, 0.15) is 5.54 Å². The molecule has 4 amide bonds. The minimum atomic E-state index is -1.03. The van der Waals surface area contributed by atoms with Gasteiger partial charge in [-0.15, -0.1) is 11.3 Å². The molecule has 2 aromatic rings. The Morgan fingerprint density at radius 1 is 1.22 bits per heavy atom. The van der Waals surface area contributed by atoms with Gasteiger partial charge in [-0.3, -0.25) is 19.9 Å². The summed E-state index contributed by atoms with van der Waals surface area (Å²) in [5.41, 5.74) is 3.98. The molecule has 0 unspecified atom stereocenters. The molecule has 1 aromatic heterocycles. The Morgan fingerprint density at radius 3 is 2.75 bits per heavy atom. The van der Waals surface area contributed by atoms with Crippen LogP contribution in [0, 0.1) is 5.92 Å². The number of aryl methyl sites for hydroxylation is 1. The van der Waals surface area contributed by atoms with Gasteiger partial charge in [0.25, 0.3) is 11.8 Å². The predicted molar refractivity (Wildman–Crippen MR) is 122 cm³/mol. The van der Waals surface area contributed by atoms with E-state index in [0.29, 0.717) is 18.8 Å². The molecule has 5 rings (SSSR count). The normalized spacial score (nSPS) is 25.5. The number of fused-ring (bicyclic) bond motifs is 1. The average Bonchev–Trinajstić information content (AvgIpc) is 3.47. The molecule has 0 spiro atoms. The molecule has 1 aliphatic carbocycles. The molecule has 3 heterocycles. The number of carbonyl (C=O) groups is 3. The fourth-order valence-corrected chi connectivity index (χ4v) is 5.79. The van der Waals surface area contributed by atoms with E-state index in [1.807, 2.05) is 30.3 Å². The van der Waals surface area contributed by atoms with E-state index in [0.717, 1.165) is 23.5 Å². The van der Waals surface area contributed by atoms with E-state index in [1.165, 1.54) is 23.3 Å². The van der Waals surface area contributed by atoms with Crippen LogP contribution < -0.4 is 10.7 Å². The number of hydrazine groups is 1. The Labute approximate surface area is 191 Å². The van der Waals surface area contributed by atoms with Crippen LogP contribution in [-0.4, -0.2) is 46.4 Å². The van der Waals surface area contributed by atoms with Crippen LogP contribution in [-0.2, 0) is 22.4 Å². The lowest BCUT2D eigenvalue weighted by Gasteiger charge is -2.35. The van der Waals surface area contributed by atoms with Gasteiger partial charge in [-0.05, 0) is 67.5 Å². The first-order valence-corrected chi connectivity index (χ1v) is 12.1. The molecule has 1 saturated heterocycles. The Bertz CT molecular complexity index is 1030. The summed E-state index contributed by atoms with van der Waals surface area (Å²) < 4.78 is 0. The van der Waals surface area contributed by atoms with Gasteiger partial charge >= 0.3 is 6.03 Å². The van der Waals surface area contributed by atoms with E-state index in [-0.39, 0.29) is 18.5 Å². The van der Waals surface area contributed by atoms with E-state index in [1.54, 1.807) is 18.3 Å². The van der Waals surface area contributed by atoms with E-state index in [2.05, 4.69) is 27.1 Å². The number of rotatable bonds is 7. The molecule has 2 atom stereocenters. The first-order valence-electron chi connectivity index (χ1n) is 11.2. The van der Waals surface area contributed by atoms with Crippen molar-refractivity contribution in [2.24, 2.45) is 5.92 Å². The molecule has 168 valence electrons. The highest BCUT2D eigenvalue weighted by atomic mass is 32.1. The smallest absolute Gasteiger partial charge is 0.322 e. The van der Waals surface area contributed by atoms with E-state index in [9.17, 15) is 14.4 Å². The highest BCUT2D eigenvalue weighted by Gasteiger charge is 2.48. The average molecular weight is 453 g/mol. The third-order valence-corrected chi connectivity index (χ3v) is 7.78. The van der Waals surface area contributed by atoms with E-state index >= 15 is 0 Å². The highest BCUT2D eigenvalue weighted by molar-refractivity contribution is 7.10. The van der Waals surface area contributed by atoms with Crippen LogP contribution in [0.15, 0.2) is 41.8 Å². The zero-order valence-electron chi connectivity index (χ0n) is 18.2. The maximum absolute atomic E-state index is 13.0. The number of benzene rings is 1. The van der Waals surface area contributed by atoms with Crippen LogP contribution in [0.4, 0.5) is 4.79 Å². The van der Waals surface area contributed by atoms with E-state index < -0.39 is 17.5 Å². The Morgan fingerprint density at radius 2 is 2.00 bits per heavy atom. The van der Waals surface area contributed by atoms with Crippen LogP contribution in [0.1, 0.15) is 48.2 Å². The van der Waals surface area contributed by atoms with Crippen molar-refractivity contribution < 1.29 is 14.4 Å². The quantitative estimate of drug-likeness (QED) is 0.633. The zero-order chi connectivity index (χ0) is 22.3. The highest BCUT2D eigenvalue weighted by Crippen LogP contribution is 2.48. The summed E-state index contributed by atoms with van der Waals surface area (Å²) in [6.45, 7) is 2.71. The fraction of sp³-hybridized carbons (Fsp3) is 0.458. The topological polar surface area (TPSA) is 81.8 Å². The number of nitrogens with one attached hydrogen (secondary N) is 2. The minimum Gasteiger partial charge on any atom is -0.322 e. The molecular weight excluding hydrogens is 424 g/mol. The van der Waals surface area contributed by atoms with Crippen LogP contribution in [0.5, 0.6) is 0 Å². The van der Waals surface area contributed by atoms with Gasteiger partial charge in [0.2, 0.25) is 0 Å². The van der Waals surface area contributed by atoms with Gasteiger partial charge in [0.05, 0.1) is 6.54 Å². The van der Waals surface area contributed by atoms with Crippen LogP contribution >= 0.6 is 11.3 Å². The Balaban J connectivity index is 1.21. The van der Waals surface area contributed by atoms with Gasteiger partial charge in [-0.25, -0.2) is 4.79 Å². The van der Waals surface area contributed by atoms with Crippen molar-refractivity contribution in [1.82, 2.24) is 20.7 Å². The molecule has 7 nitrogen and oxygen atoms in total. The van der Waals surface area contributed by atoms with Gasteiger partial charge in [0.15, 0.2) is 0 Å². The van der Waals surface area contributed by atoms with Crippen molar-refractivity contribution in [3.05, 3.63) is 57.8 Å². The maximum Gasteiger partial charge on any atom is 0.344 e. The number of thiophene rings is 1. The predicted octanol–water partition coefficient (Wildman–Crippen LogP) is 3.03. The summed E-state index contributed by atoms with van der Waals surface area (Å²) >= 11 is 1.79. The molecule has 8 heteroatoms. The SMILES string of the molecule is C[C@]1(CCc2ccccc2)NC(=O)N(NC(=O)CN2CCc3sccc3[C@@H]2C2CC2)C1=O. The summed E-state index contributed by atoms with van der Waals surface area (Å²) in [6.07, 6.45) is 4.43. The Kier molecular flexibility index (Phi) is 5.51. The van der Waals surface area contributed by atoms with Crippen molar-refractivity contribution in [2.75, 3.05) is 13.1 Å². The van der Waals surface area contributed by atoms with Crippen LogP contribution in [0.25, 0.3) is 0 Å². The van der Waals surface area contributed by atoms with Crippen molar-refractivity contribution in [3.63, 3.8) is 0 Å². The lowest BCUT2D eigenvalue weighted by Crippen LogP contribution is -2.52. The number of amides is 4. The minimum absolute atomic E-state index is 0.175. The fourth-order valence-electron chi connectivity index (χ4n) is 4.88. The van der Waals surface area contributed by atoms with Gasteiger partial charge in [-0.1, -0.05) is 30.3 Å². The van der Waals surface area contributed by atoms with Crippen molar-refractivity contribution in [2.45, 2.75) is 50.6 Å². The standard InChI is InChI=1S/C24H28N4O3S/c1-24(12-9-16-5-3-2-4-6-16)22(30)28(23(31)25-24)26-20(29)15-27-13-10-19-18(11-14-32-19)21(27)17-7-8-17/h2-6,11,14,17,21H,7-10,12-13,15H2,1H3,(H,25,31)(H,26,29)/t21-,24+/m0/s1. The molecule has 32 heavy (non-hydrogen) atoms. The molecule has 2 N–H and O–H groups in total.